The largest absolute Gasteiger partial charge is 0.465 e. The zero-order valence-electron chi connectivity index (χ0n) is 25.7. The molecule has 0 radical (unpaired) electrons. The van der Waals surface area contributed by atoms with Crippen molar-refractivity contribution in [2.45, 2.75) is 63.8 Å². The highest BCUT2D eigenvalue weighted by Gasteiger charge is 2.23. The van der Waals surface area contributed by atoms with E-state index < -0.39 is 57.3 Å². The van der Waals surface area contributed by atoms with E-state index >= 15 is 0 Å². The lowest BCUT2D eigenvalue weighted by atomic mass is 9.97. The van der Waals surface area contributed by atoms with E-state index in [1.807, 2.05) is 13.8 Å². The molecule has 46 heavy (non-hydrogen) atoms. The molecule has 0 aliphatic heterocycles. The van der Waals surface area contributed by atoms with Gasteiger partial charge in [-0.1, -0.05) is 26.0 Å². The van der Waals surface area contributed by atoms with Crippen LogP contribution < -0.4 is 4.31 Å². The molecule has 0 aliphatic rings. The number of aliphatic hydroxyl groups is 2. The molecule has 19 heteroatoms. The zero-order chi connectivity index (χ0) is 34.6. The Kier molecular flexibility index (Phi) is 15.4. The van der Waals surface area contributed by atoms with Crippen molar-refractivity contribution in [2.75, 3.05) is 30.8 Å². The fourth-order valence-electron chi connectivity index (χ4n) is 4.05. The average Bonchev–Trinajstić information content (AvgIpc) is 2.94. The first-order valence-electron chi connectivity index (χ1n) is 13.9. The first kappa shape index (κ1) is 39.0. The first-order chi connectivity index (χ1) is 21.5. The van der Waals surface area contributed by atoms with Gasteiger partial charge in [0, 0.05) is 37.4 Å². The SMILES string of the molecule is CC(C)c1nc(N(C)S(C)(=O)=O)nc(-c2ccc(F)cc2)c1/C=C/C(O)CC(O)CC(=O)OCCC(CCON(O)O)ON(O)O. The Morgan fingerprint density at radius 3 is 2.22 bits per heavy atom. The van der Waals surface area contributed by atoms with Gasteiger partial charge in [0.05, 0.1) is 66.4 Å². The average molecular weight is 678 g/mol. The Morgan fingerprint density at radius 2 is 1.65 bits per heavy atom. The maximum atomic E-state index is 13.7. The van der Waals surface area contributed by atoms with Crippen molar-refractivity contribution in [3.63, 3.8) is 0 Å². The number of carbonyl (C=O) groups is 1. The molecule has 2 aromatic rings. The molecule has 1 aromatic carbocycles. The highest BCUT2D eigenvalue weighted by Crippen LogP contribution is 2.31. The molecule has 0 saturated carbocycles. The molecule has 2 rings (SSSR count). The molecule has 3 atom stereocenters. The molecule has 0 amide bonds. The summed E-state index contributed by atoms with van der Waals surface area (Å²) in [5.41, 5.74) is 1.61. The van der Waals surface area contributed by atoms with Gasteiger partial charge in [0.15, 0.2) is 0 Å². The Morgan fingerprint density at radius 1 is 1.02 bits per heavy atom. The second-order valence-corrected chi connectivity index (χ2v) is 12.5. The molecule has 6 N–H and O–H groups in total. The number of rotatable bonds is 19. The predicted octanol–water partition coefficient (Wildman–Crippen LogP) is 2.03. The van der Waals surface area contributed by atoms with Gasteiger partial charge in [0.25, 0.3) is 0 Å². The van der Waals surface area contributed by atoms with Crippen LogP contribution in [0.15, 0.2) is 30.3 Å². The second kappa shape index (κ2) is 18.2. The molecule has 0 saturated heterocycles. The molecular weight excluding hydrogens is 637 g/mol. The lowest BCUT2D eigenvalue weighted by Crippen LogP contribution is -2.28. The summed E-state index contributed by atoms with van der Waals surface area (Å²) in [7, 11) is -2.41. The molecule has 0 spiro atoms. The lowest BCUT2D eigenvalue weighted by molar-refractivity contribution is -0.511. The van der Waals surface area contributed by atoms with Crippen LogP contribution in [0, 0.1) is 5.82 Å². The Labute approximate surface area is 265 Å². The van der Waals surface area contributed by atoms with Crippen LogP contribution in [0.2, 0.25) is 0 Å². The van der Waals surface area contributed by atoms with Gasteiger partial charge in [-0.25, -0.2) is 31.9 Å². The Balaban J connectivity index is 2.14. The third-order valence-electron chi connectivity index (χ3n) is 6.40. The number of hydrogen-bond donors (Lipinski definition) is 6. The maximum absolute atomic E-state index is 13.7. The van der Waals surface area contributed by atoms with Gasteiger partial charge >= 0.3 is 5.97 Å². The Hall–Kier alpha value is -3.21. The topological polar surface area (TPSA) is 236 Å². The van der Waals surface area contributed by atoms with Crippen molar-refractivity contribution >= 4 is 28.0 Å². The third kappa shape index (κ3) is 13.3. The number of anilines is 1. The summed E-state index contributed by atoms with van der Waals surface area (Å²) in [6, 6.07) is 5.39. The third-order valence-corrected chi connectivity index (χ3v) is 7.56. The maximum Gasteiger partial charge on any atom is 0.308 e. The molecule has 258 valence electrons. The number of ether oxygens (including phenoxy) is 1. The summed E-state index contributed by atoms with van der Waals surface area (Å²) in [5.74, 6) is -1.65. The number of halogens is 1. The van der Waals surface area contributed by atoms with Crippen LogP contribution in [0.3, 0.4) is 0 Å². The minimum absolute atomic E-state index is 0.0551. The van der Waals surface area contributed by atoms with Crippen molar-refractivity contribution in [3.8, 4) is 11.3 Å². The van der Waals surface area contributed by atoms with Crippen LogP contribution in [-0.2, 0) is 29.2 Å². The van der Waals surface area contributed by atoms with Crippen molar-refractivity contribution in [1.29, 1.82) is 0 Å². The fraction of sp³-hybridized carbons (Fsp3) is 0.519. The smallest absolute Gasteiger partial charge is 0.308 e. The molecule has 17 nitrogen and oxygen atoms in total. The van der Waals surface area contributed by atoms with E-state index in [1.54, 1.807) is 0 Å². The normalized spacial score (nSPS) is 14.3. The fourth-order valence-corrected chi connectivity index (χ4v) is 4.43. The summed E-state index contributed by atoms with van der Waals surface area (Å²) >= 11 is 0. The van der Waals surface area contributed by atoms with E-state index in [9.17, 15) is 27.8 Å². The minimum atomic E-state index is -3.71. The van der Waals surface area contributed by atoms with Crippen molar-refractivity contribution in [1.82, 2.24) is 20.7 Å². The van der Waals surface area contributed by atoms with Crippen molar-refractivity contribution in [2.24, 2.45) is 0 Å². The second-order valence-electron chi connectivity index (χ2n) is 10.4. The Bertz CT molecular complexity index is 1400. The molecule has 1 aromatic heterocycles. The highest BCUT2D eigenvalue weighted by atomic mass is 32.2. The van der Waals surface area contributed by atoms with E-state index in [1.165, 1.54) is 43.5 Å². The van der Waals surface area contributed by atoms with E-state index in [2.05, 4.69) is 19.6 Å². The van der Waals surface area contributed by atoms with Crippen LogP contribution in [-0.4, -0.2) is 111 Å². The zero-order valence-corrected chi connectivity index (χ0v) is 26.5. The van der Waals surface area contributed by atoms with Gasteiger partial charge in [-0.05, 0) is 30.2 Å². The molecular formula is C27H40FN5O12S. The van der Waals surface area contributed by atoms with Gasteiger partial charge in [-0.15, -0.1) is 0 Å². The quantitative estimate of drug-likeness (QED) is 0.0921. The summed E-state index contributed by atoms with van der Waals surface area (Å²) in [6.45, 7) is 3.10. The summed E-state index contributed by atoms with van der Waals surface area (Å²) < 4.78 is 44.1. The minimum Gasteiger partial charge on any atom is -0.465 e. The molecule has 3 unspecified atom stereocenters. The molecule has 0 bridgehead atoms. The summed E-state index contributed by atoms with van der Waals surface area (Å²) in [6.07, 6.45) is -0.527. The number of aliphatic hydroxyl groups excluding tert-OH is 2. The van der Waals surface area contributed by atoms with E-state index in [-0.39, 0.29) is 50.0 Å². The number of carbonyl (C=O) groups excluding carboxylic acids is 1. The summed E-state index contributed by atoms with van der Waals surface area (Å²) in [4.78, 5) is 30.1. The van der Waals surface area contributed by atoms with Gasteiger partial charge in [-0.3, -0.25) is 30.5 Å². The highest BCUT2D eigenvalue weighted by molar-refractivity contribution is 7.92. The van der Waals surface area contributed by atoms with Crippen molar-refractivity contribution in [3.05, 3.63) is 47.4 Å². The number of hydrogen-bond acceptors (Lipinski definition) is 16. The van der Waals surface area contributed by atoms with Gasteiger partial charge in [0.2, 0.25) is 16.0 Å². The molecule has 0 aliphatic carbocycles. The van der Waals surface area contributed by atoms with Gasteiger partial charge in [0.1, 0.15) is 5.82 Å². The van der Waals surface area contributed by atoms with Crippen LogP contribution in [0.25, 0.3) is 17.3 Å². The molecule has 0 fully saturated rings. The molecule has 1 heterocycles. The summed E-state index contributed by atoms with van der Waals surface area (Å²) in [5, 5.41) is 54.7. The van der Waals surface area contributed by atoms with Crippen LogP contribution in [0.4, 0.5) is 10.3 Å². The van der Waals surface area contributed by atoms with Crippen LogP contribution >= 0.6 is 0 Å². The van der Waals surface area contributed by atoms with Crippen LogP contribution in [0.5, 0.6) is 0 Å². The first-order valence-corrected chi connectivity index (χ1v) is 15.8. The van der Waals surface area contributed by atoms with E-state index in [0.717, 1.165) is 10.6 Å². The number of esters is 1. The number of sulfonamides is 1. The number of aromatic nitrogens is 2. The van der Waals surface area contributed by atoms with Gasteiger partial charge in [-0.2, -0.15) is 0 Å². The number of nitrogens with zero attached hydrogens (tertiary/aromatic N) is 5. The number of benzene rings is 1. The monoisotopic (exact) mass is 677 g/mol. The standard InChI is InChI=1S/C27H40FN5O12S/c1-17(2)25-23(26(18-5-7-19(28)8-6-18)30-27(29-25)31(3)46(4,41)42)10-9-20(34)15-21(35)16-24(36)43-13-11-22(45-33(39)40)12-14-44-32(37)38/h5-10,17,20-22,34-35,37-40H,11-16H2,1-4H3/b10-9+. The predicted molar refractivity (Wildman–Crippen MR) is 157 cm³/mol. The van der Waals surface area contributed by atoms with Gasteiger partial charge < -0.3 is 14.9 Å². The van der Waals surface area contributed by atoms with Crippen molar-refractivity contribution < 1.29 is 63.1 Å². The lowest BCUT2D eigenvalue weighted by Gasteiger charge is -2.20. The van der Waals surface area contributed by atoms with E-state index in [4.69, 9.17) is 25.6 Å². The van der Waals surface area contributed by atoms with Crippen LogP contribution in [0.1, 0.15) is 56.7 Å². The van der Waals surface area contributed by atoms with E-state index in [0.29, 0.717) is 16.8 Å².